The number of rotatable bonds is 3. The van der Waals surface area contributed by atoms with E-state index in [1.807, 2.05) is 12.1 Å². The molecule has 3 aromatic rings. The number of anilines is 2. The first kappa shape index (κ1) is 14.9. The van der Waals surface area contributed by atoms with Gasteiger partial charge >= 0.3 is 0 Å². The molecular weight excluding hydrogens is 298 g/mol. The van der Waals surface area contributed by atoms with Gasteiger partial charge in [0, 0.05) is 19.0 Å². The molecule has 1 aliphatic rings. The molecular formula is C19H21N5. The van der Waals surface area contributed by atoms with Crippen LogP contribution in [0.5, 0.6) is 0 Å². The molecule has 4 rings (SSSR count). The van der Waals surface area contributed by atoms with Crippen molar-refractivity contribution in [3.05, 3.63) is 53.9 Å². The highest BCUT2D eigenvalue weighted by atomic mass is 15.2. The third-order valence-corrected chi connectivity index (χ3v) is 4.84. The van der Waals surface area contributed by atoms with Gasteiger partial charge in [-0.15, -0.1) is 0 Å². The van der Waals surface area contributed by atoms with Gasteiger partial charge in [-0.3, -0.25) is 0 Å². The summed E-state index contributed by atoms with van der Waals surface area (Å²) in [7, 11) is 0. The third-order valence-electron chi connectivity index (χ3n) is 4.84. The molecule has 122 valence electrons. The zero-order valence-corrected chi connectivity index (χ0v) is 13.8. The molecule has 1 fully saturated rings. The smallest absolute Gasteiger partial charge is 0.166 e. The van der Waals surface area contributed by atoms with Gasteiger partial charge in [-0.05, 0) is 36.1 Å². The van der Waals surface area contributed by atoms with E-state index in [4.69, 9.17) is 5.73 Å². The highest BCUT2D eigenvalue weighted by Crippen LogP contribution is 2.32. The van der Waals surface area contributed by atoms with E-state index in [1.165, 1.54) is 11.1 Å². The molecule has 1 atom stereocenters. The Morgan fingerprint density at radius 3 is 2.75 bits per heavy atom. The van der Waals surface area contributed by atoms with E-state index < -0.39 is 0 Å². The van der Waals surface area contributed by atoms with Crippen molar-refractivity contribution in [1.82, 2.24) is 15.0 Å². The summed E-state index contributed by atoms with van der Waals surface area (Å²) in [6.07, 6.45) is 3.80. The maximum atomic E-state index is 5.76. The van der Waals surface area contributed by atoms with Gasteiger partial charge in [-0.25, -0.2) is 15.0 Å². The number of hydrogen-bond donors (Lipinski definition) is 1. The summed E-state index contributed by atoms with van der Waals surface area (Å²) >= 11 is 0. The summed E-state index contributed by atoms with van der Waals surface area (Å²) in [5.41, 5.74) is 9.23. The van der Waals surface area contributed by atoms with Crippen LogP contribution in [0.15, 0.2) is 42.7 Å². The Hall–Kier alpha value is -2.69. The molecule has 1 unspecified atom stereocenters. The Bertz CT molecular complexity index is 859. The zero-order valence-electron chi connectivity index (χ0n) is 13.8. The molecule has 1 saturated heterocycles. The molecule has 0 amide bonds. The average molecular weight is 319 g/mol. The van der Waals surface area contributed by atoms with Crippen LogP contribution >= 0.6 is 0 Å². The highest BCUT2D eigenvalue weighted by Gasteiger charge is 2.26. The number of nitrogen functional groups attached to an aromatic ring is 1. The molecule has 5 nitrogen and oxygen atoms in total. The number of benzene rings is 1. The van der Waals surface area contributed by atoms with Gasteiger partial charge in [0.15, 0.2) is 5.65 Å². The lowest BCUT2D eigenvalue weighted by atomic mass is 9.97. The number of pyridine rings is 1. The van der Waals surface area contributed by atoms with Crippen LogP contribution in [0, 0.1) is 0 Å². The van der Waals surface area contributed by atoms with E-state index in [1.54, 1.807) is 6.33 Å². The van der Waals surface area contributed by atoms with E-state index in [-0.39, 0.29) is 0 Å². The van der Waals surface area contributed by atoms with Crippen molar-refractivity contribution in [2.75, 3.05) is 23.7 Å². The summed E-state index contributed by atoms with van der Waals surface area (Å²) in [6, 6.07) is 12.8. The Kier molecular flexibility index (Phi) is 3.76. The van der Waals surface area contributed by atoms with Crippen LogP contribution in [0.3, 0.4) is 0 Å². The Labute approximate surface area is 141 Å². The van der Waals surface area contributed by atoms with Crippen LogP contribution in [-0.4, -0.2) is 28.0 Å². The second-order valence-corrected chi connectivity index (χ2v) is 6.33. The van der Waals surface area contributed by atoms with E-state index >= 15 is 0 Å². The molecule has 2 N–H and O–H groups in total. The summed E-state index contributed by atoms with van der Waals surface area (Å²) in [5, 5.41) is 0.966. The molecule has 2 aromatic heterocycles. The Morgan fingerprint density at radius 1 is 1.12 bits per heavy atom. The fourth-order valence-electron chi connectivity index (χ4n) is 3.45. The molecule has 1 aromatic carbocycles. The van der Waals surface area contributed by atoms with Crippen LogP contribution in [0.4, 0.5) is 11.6 Å². The third kappa shape index (κ3) is 2.66. The van der Waals surface area contributed by atoms with Gasteiger partial charge in [0.2, 0.25) is 0 Å². The SMILES string of the molecule is CCc1ccc(C2CCN(c3ncnc4nc(N)ccc34)C2)cc1. The summed E-state index contributed by atoms with van der Waals surface area (Å²) in [4.78, 5) is 15.4. The standard InChI is InChI=1S/C19H21N5/c1-2-13-3-5-14(6-4-13)15-9-10-24(11-15)19-16-7-8-17(20)23-18(16)21-12-22-19/h3-8,12,15H,2,9-11H2,1H3,(H2,20,21,22,23). The van der Waals surface area contributed by atoms with E-state index in [0.717, 1.165) is 37.1 Å². The molecule has 5 heteroatoms. The van der Waals surface area contributed by atoms with Crippen LogP contribution in [-0.2, 0) is 6.42 Å². The predicted molar refractivity (Wildman–Crippen MR) is 97.1 cm³/mol. The maximum absolute atomic E-state index is 5.76. The lowest BCUT2D eigenvalue weighted by Gasteiger charge is -2.19. The molecule has 0 aliphatic carbocycles. The normalized spacial score (nSPS) is 17.5. The van der Waals surface area contributed by atoms with Gasteiger partial charge in [0.1, 0.15) is 18.0 Å². The number of nitrogens with zero attached hydrogens (tertiary/aromatic N) is 4. The molecule has 0 bridgehead atoms. The summed E-state index contributed by atoms with van der Waals surface area (Å²) in [5.74, 6) is 1.99. The van der Waals surface area contributed by atoms with Gasteiger partial charge in [0.25, 0.3) is 0 Å². The topological polar surface area (TPSA) is 67.9 Å². The number of nitrogens with two attached hydrogens (primary N) is 1. The monoisotopic (exact) mass is 319 g/mol. The largest absolute Gasteiger partial charge is 0.384 e. The predicted octanol–water partition coefficient (Wildman–Crippen LogP) is 3.16. The first-order chi connectivity index (χ1) is 11.7. The molecule has 0 spiro atoms. The van der Waals surface area contributed by atoms with Gasteiger partial charge in [-0.2, -0.15) is 0 Å². The highest BCUT2D eigenvalue weighted by molar-refractivity contribution is 5.87. The fourth-order valence-corrected chi connectivity index (χ4v) is 3.45. The van der Waals surface area contributed by atoms with Crippen molar-refractivity contribution in [3.63, 3.8) is 0 Å². The number of fused-ring (bicyclic) bond motifs is 1. The molecule has 24 heavy (non-hydrogen) atoms. The first-order valence-corrected chi connectivity index (χ1v) is 8.45. The molecule has 1 aliphatic heterocycles. The minimum Gasteiger partial charge on any atom is -0.384 e. The second kappa shape index (κ2) is 6.07. The van der Waals surface area contributed by atoms with Crippen LogP contribution in [0.1, 0.15) is 30.4 Å². The van der Waals surface area contributed by atoms with Gasteiger partial charge < -0.3 is 10.6 Å². The van der Waals surface area contributed by atoms with Crippen molar-refractivity contribution < 1.29 is 0 Å². The van der Waals surface area contributed by atoms with Crippen molar-refractivity contribution in [3.8, 4) is 0 Å². The quantitative estimate of drug-likeness (QED) is 0.803. The number of hydrogen-bond acceptors (Lipinski definition) is 5. The van der Waals surface area contributed by atoms with Crippen molar-refractivity contribution in [2.45, 2.75) is 25.7 Å². The minimum absolute atomic E-state index is 0.488. The maximum Gasteiger partial charge on any atom is 0.166 e. The molecule has 3 heterocycles. The van der Waals surface area contributed by atoms with Crippen LogP contribution in [0.2, 0.25) is 0 Å². The van der Waals surface area contributed by atoms with Crippen LogP contribution in [0.25, 0.3) is 11.0 Å². The summed E-state index contributed by atoms with van der Waals surface area (Å²) < 4.78 is 0. The van der Waals surface area contributed by atoms with Gasteiger partial charge in [-0.1, -0.05) is 31.2 Å². The van der Waals surface area contributed by atoms with Crippen molar-refractivity contribution in [1.29, 1.82) is 0 Å². The van der Waals surface area contributed by atoms with E-state index in [9.17, 15) is 0 Å². The van der Waals surface area contributed by atoms with E-state index in [2.05, 4.69) is 51.0 Å². The van der Waals surface area contributed by atoms with Crippen LogP contribution < -0.4 is 10.6 Å². The number of aromatic nitrogens is 3. The first-order valence-electron chi connectivity index (χ1n) is 8.45. The van der Waals surface area contributed by atoms with E-state index in [0.29, 0.717) is 17.4 Å². The Balaban J connectivity index is 1.60. The lowest BCUT2D eigenvalue weighted by molar-refractivity contribution is 0.773. The Morgan fingerprint density at radius 2 is 1.96 bits per heavy atom. The average Bonchev–Trinajstić information content (AvgIpc) is 3.11. The molecule has 0 saturated carbocycles. The lowest BCUT2D eigenvalue weighted by Crippen LogP contribution is -2.21. The van der Waals surface area contributed by atoms with Crippen molar-refractivity contribution in [2.24, 2.45) is 0 Å². The summed E-state index contributed by atoms with van der Waals surface area (Å²) in [6.45, 7) is 4.16. The zero-order chi connectivity index (χ0) is 16.5. The minimum atomic E-state index is 0.488. The second-order valence-electron chi connectivity index (χ2n) is 6.33. The number of aryl methyl sites for hydroxylation is 1. The van der Waals surface area contributed by atoms with Gasteiger partial charge in [0.05, 0.1) is 5.39 Å². The fraction of sp³-hybridized carbons (Fsp3) is 0.316. The molecule has 0 radical (unpaired) electrons. The van der Waals surface area contributed by atoms with Crippen molar-refractivity contribution >= 4 is 22.7 Å².